The first-order chi connectivity index (χ1) is 15.1. The average molecular weight is 409 g/mol. The minimum Gasteiger partial charge on any atom is -0.256 e. The van der Waals surface area contributed by atoms with Crippen LogP contribution in [0, 0.1) is 23.5 Å². The standard InChI is InChI=1S/C28H21F2N/c1-2-3-4-5-22-11-17-27(31-19-22)23-12-8-20(9-13-23)6-7-21-10-15-25-24(18-21)14-16-26(29)28(25)30/h2-3,8-19H,4-5H2,1H3/b3-2+. The van der Waals surface area contributed by atoms with Crippen molar-refractivity contribution in [2.24, 2.45) is 0 Å². The maximum absolute atomic E-state index is 13.8. The first kappa shape index (κ1) is 20.5. The second kappa shape index (κ2) is 9.36. The van der Waals surface area contributed by atoms with Crippen molar-refractivity contribution in [3.05, 3.63) is 113 Å². The van der Waals surface area contributed by atoms with Crippen molar-refractivity contribution in [3.63, 3.8) is 0 Å². The van der Waals surface area contributed by atoms with Gasteiger partial charge in [-0.1, -0.05) is 54.3 Å². The van der Waals surface area contributed by atoms with Crippen molar-refractivity contribution in [2.75, 3.05) is 0 Å². The monoisotopic (exact) mass is 409 g/mol. The van der Waals surface area contributed by atoms with Crippen molar-refractivity contribution in [2.45, 2.75) is 19.8 Å². The molecule has 0 bridgehead atoms. The molecule has 0 unspecified atom stereocenters. The van der Waals surface area contributed by atoms with Crippen LogP contribution >= 0.6 is 0 Å². The Morgan fingerprint density at radius 2 is 1.65 bits per heavy atom. The second-order valence-electron chi connectivity index (χ2n) is 7.28. The van der Waals surface area contributed by atoms with E-state index >= 15 is 0 Å². The summed E-state index contributed by atoms with van der Waals surface area (Å²) in [7, 11) is 0. The Labute approximate surface area is 181 Å². The third kappa shape index (κ3) is 4.87. The minimum absolute atomic E-state index is 0.259. The van der Waals surface area contributed by atoms with Crippen LogP contribution in [0.2, 0.25) is 0 Å². The van der Waals surface area contributed by atoms with Gasteiger partial charge in [-0.25, -0.2) is 8.78 Å². The van der Waals surface area contributed by atoms with Gasteiger partial charge >= 0.3 is 0 Å². The maximum Gasteiger partial charge on any atom is 0.166 e. The number of hydrogen-bond donors (Lipinski definition) is 0. The number of halogens is 2. The van der Waals surface area contributed by atoms with E-state index in [9.17, 15) is 8.78 Å². The number of nitrogens with zero attached hydrogens (tertiary/aromatic N) is 1. The fourth-order valence-electron chi connectivity index (χ4n) is 3.37. The number of rotatable bonds is 4. The number of fused-ring (bicyclic) bond motifs is 1. The van der Waals surface area contributed by atoms with Crippen molar-refractivity contribution in [1.29, 1.82) is 0 Å². The normalized spacial score (nSPS) is 10.9. The van der Waals surface area contributed by atoms with Crippen molar-refractivity contribution in [3.8, 4) is 23.1 Å². The van der Waals surface area contributed by atoms with Gasteiger partial charge in [-0.15, -0.1) is 0 Å². The van der Waals surface area contributed by atoms with Crippen LogP contribution in [-0.2, 0) is 6.42 Å². The van der Waals surface area contributed by atoms with Gasteiger partial charge in [0.25, 0.3) is 0 Å². The molecule has 4 rings (SSSR count). The lowest BCUT2D eigenvalue weighted by molar-refractivity contribution is 0.517. The Morgan fingerprint density at radius 3 is 2.39 bits per heavy atom. The van der Waals surface area contributed by atoms with E-state index in [-0.39, 0.29) is 5.39 Å². The van der Waals surface area contributed by atoms with Gasteiger partial charge in [0, 0.05) is 28.3 Å². The zero-order valence-corrected chi connectivity index (χ0v) is 17.2. The topological polar surface area (TPSA) is 12.9 Å². The highest BCUT2D eigenvalue weighted by molar-refractivity contribution is 5.84. The molecule has 3 aromatic carbocycles. The summed E-state index contributed by atoms with van der Waals surface area (Å²) in [5, 5.41) is 0.886. The third-order valence-electron chi connectivity index (χ3n) is 5.10. The maximum atomic E-state index is 13.8. The van der Waals surface area contributed by atoms with Gasteiger partial charge in [0.05, 0.1) is 5.69 Å². The van der Waals surface area contributed by atoms with Gasteiger partial charge in [0.15, 0.2) is 11.6 Å². The summed E-state index contributed by atoms with van der Waals surface area (Å²) >= 11 is 0. The van der Waals surface area contributed by atoms with Crippen LogP contribution in [0.15, 0.2) is 85.1 Å². The Balaban J connectivity index is 1.49. The molecule has 0 aliphatic carbocycles. The Hall–Kier alpha value is -3.77. The van der Waals surface area contributed by atoms with Gasteiger partial charge < -0.3 is 0 Å². The van der Waals surface area contributed by atoms with Crippen molar-refractivity contribution >= 4 is 10.8 Å². The smallest absolute Gasteiger partial charge is 0.166 e. The highest BCUT2D eigenvalue weighted by atomic mass is 19.2. The molecule has 0 spiro atoms. The predicted octanol–water partition coefficient (Wildman–Crippen LogP) is 7.09. The molecule has 0 atom stereocenters. The van der Waals surface area contributed by atoms with E-state index in [0.29, 0.717) is 5.39 Å². The summed E-state index contributed by atoms with van der Waals surface area (Å²) in [4.78, 5) is 4.58. The van der Waals surface area contributed by atoms with Gasteiger partial charge in [-0.2, -0.15) is 0 Å². The van der Waals surface area contributed by atoms with Crippen LogP contribution in [0.5, 0.6) is 0 Å². The van der Waals surface area contributed by atoms with Gasteiger partial charge in [-0.3, -0.25) is 4.98 Å². The number of hydrogen-bond acceptors (Lipinski definition) is 1. The molecule has 4 aromatic rings. The molecule has 1 nitrogen and oxygen atoms in total. The van der Waals surface area contributed by atoms with E-state index in [4.69, 9.17) is 0 Å². The Bertz CT molecular complexity index is 1290. The number of allylic oxidation sites excluding steroid dienone is 2. The van der Waals surface area contributed by atoms with E-state index in [1.807, 2.05) is 43.5 Å². The molecule has 0 fully saturated rings. The molecule has 0 saturated heterocycles. The summed E-state index contributed by atoms with van der Waals surface area (Å²) in [5.41, 5.74) is 4.81. The van der Waals surface area contributed by atoms with Crippen LogP contribution in [0.3, 0.4) is 0 Å². The molecule has 0 aliphatic rings. The SMILES string of the molecule is C/C=C/CCc1ccc(-c2ccc(C#Cc3ccc4c(F)c(F)ccc4c3)cc2)nc1. The van der Waals surface area contributed by atoms with E-state index in [0.717, 1.165) is 41.3 Å². The molecule has 1 heterocycles. The molecule has 0 saturated carbocycles. The molecule has 3 heteroatoms. The Morgan fingerprint density at radius 1 is 0.871 bits per heavy atom. The highest BCUT2D eigenvalue weighted by Gasteiger charge is 2.06. The second-order valence-corrected chi connectivity index (χ2v) is 7.28. The number of benzene rings is 3. The summed E-state index contributed by atoms with van der Waals surface area (Å²) in [6, 6.07) is 19.8. The van der Waals surface area contributed by atoms with Crippen molar-refractivity contribution in [1.82, 2.24) is 4.98 Å². The van der Waals surface area contributed by atoms with E-state index < -0.39 is 11.6 Å². The van der Waals surface area contributed by atoms with Crippen LogP contribution in [0.1, 0.15) is 30.0 Å². The minimum atomic E-state index is -0.843. The zero-order chi connectivity index (χ0) is 21.6. The molecule has 0 amide bonds. The van der Waals surface area contributed by atoms with Crippen LogP contribution in [0.25, 0.3) is 22.0 Å². The number of pyridine rings is 1. The first-order valence-corrected chi connectivity index (χ1v) is 10.2. The highest BCUT2D eigenvalue weighted by Crippen LogP contribution is 2.22. The van der Waals surface area contributed by atoms with Crippen LogP contribution in [-0.4, -0.2) is 4.98 Å². The summed E-state index contributed by atoms with van der Waals surface area (Å²) in [5.74, 6) is 4.54. The fourth-order valence-corrected chi connectivity index (χ4v) is 3.37. The number of aromatic nitrogens is 1. The molecule has 0 N–H and O–H groups in total. The van der Waals surface area contributed by atoms with Gasteiger partial charge in [0.2, 0.25) is 0 Å². The summed E-state index contributed by atoms with van der Waals surface area (Å²) in [6.07, 6.45) is 8.16. The van der Waals surface area contributed by atoms with Gasteiger partial charge in [0.1, 0.15) is 0 Å². The van der Waals surface area contributed by atoms with E-state index in [2.05, 4.69) is 35.0 Å². The average Bonchev–Trinajstić information content (AvgIpc) is 2.81. The molecule has 0 radical (unpaired) electrons. The van der Waals surface area contributed by atoms with Crippen molar-refractivity contribution < 1.29 is 8.78 Å². The lowest BCUT2D eigenvalue weighted by Crippen LogP contribution is -1.88. The van der Waals surface area contributed by atoms with E-state index in [1.165, 1.54) is 5.56 Å². The molecule has 152 valence electrons. The molecule has 0 aliphatic heterocycles. The quantitative estimate of drug-likeness (QED) is 0.259. The lowest BCUT2D eigenvalue weighted by atomic mass is 10.1. The van der Waals surface area contributed by atoms with E-state index in [1.54, 1.807) is 24.3 Å². The third-order valence-corrected chi connectivity index (χ3v) is 5.10. The fraction of sp³-hybridized carbons (Fsp3) is 0.107. The molecule has 31 heavy (non-hydrogen) atoms. The summed E-state index contributed by atoms with van der Waals surface area (Å²) in [6.45, 7) is 2.03. The largest absolute Gasteiger partial charge is 0.256 e. The summed E-state index contributed by atoms with van der Waals surface area (Å²) < 4.78 is 27.2. The first-order valence-electron chi connectivity index (χ1n) is 10.2. The van der Waals surface area contributed by atoms with Crippen LogP contribution < -0.4 is 0 Å². The predicted molar refractivity (Wildman–Crippen MR) is 123 cm³/mol. The molecule has 1 aromatic heterocycles. The molecular formula is C28H21F2N. The zero-order valence-electron chi connectivity index (χ0n) is 17.2. The lowest BCUT2D eigenvalue weighted by Gasteiger charge is -2.03. The Kier molecular flexibility index (Phi) is 6.19. The van der Waals surface area contributed by atoms with Gasteiger partial charge in [-0.05, 0) is 67.1 Å². The number of aryl methyl sites for hydroxylation is 1. The molecular weight excluding hydrogens is 388 g/mol. The van der Waals surface area contributed by atoms with Crippen LogP contribution in [0.4, 0.5) is 8.78 Å².